The minimum Gasteiger partial charge on any atom is -0.368 e. The number of amides is 2. The Morgan fingerprint density at radius 2 is 1.52 bits per heavy atom. The summed E-state index contributed by atoms with van der Waals surface area (Å²) in [4.78, 5) is 26.4. The zero-order chi connectivity index (χ0) is 29.0. The Bertz CT molecular complexity index is 1430. The number of benzene rings is 3. The second-order valence-corrected chi connectivity index (χ2v) is 12.8. The molecule has 2 amide bonds. The van der Waals surface area contributed by atoms with Crippen molar-refractivity contribution in [3.05, 3.63) is 99.0 Å². The highest BCUT2D eigenvalue weighted by Crippen LogP contribution is 2.36. The van der Waals surface area contributed by atoms with Gasteiger partial charge in [-0.05, 0) is 72.5 Å². The molecule has 0 aromatic heterocycles. The zero-order valence-electron chi connectivity index (χ0n) is 22.2. The molecule has 1 heterocycles. The lowest BCUT2D eigenvalue weighted by molar-refractivity contribution is -0.119. The van der Waals surface area contributed by atoms with Crippen LogP contribution in [0.15, 0.2) is 66.7 Å². The van der Waals surface area contributed by atoms with Crippen LogP contribution in [-0.4, -0.2) is 50.0 Å². The molecule has 0 spiro atoms. The van der Waals surface area contributed by atoms with E-state index in [0.29, 0.717) is 35.1 Å². The van der Waals surface area contributed by atoms with Crippen molar-refractivity contribution >= 4 is 50.7 Å². The largest absolute Gasteiger partial charge is 0.368 e. The van der Waals surface area contributed by atoms with Gasteiger partial charge in [0.15, 0.2) is 0 Å². The van der Waals surface area contributed by atoms with E-state index >= 15 is 0 Å². The van der Waals surface area contributed by atoms with E-state index in [4.69, 9.17) is 28.9 Å². The van der Waals surface area contributed by atoms with Crippen LogP contribution in [0.2, 0.25) is 10.0 Å². The van der Waals surface area contributed by atoms with Crippen LogP contribution in [0, 0.1) is 12.8 Å². The maximum atomic E-state index is 13.1. The van der Waals surface area contributed by atoms with Crippen molar-refractivity contribution in [1.29, 1.82) is 0 Å². The smallest absolute Gasteiger partial charge is 0.252 e. The van der Waals surface area contributed by atoms with Gasteiger partial charge in [0, 0.05) is 40.3 Å². The normalized spacial score (nSPS) is 14.9. The molecular weight excluding hydrogens is 571 g/mol. The maximum Gasteiger partial charge on any atom is 0.252 e. The topological polar surface area (TPSA) is 122 Å². The third-order valence-electron chi connectivity index (χ3n) is 6.85. The van der Waals surface area contributed by atoms with E-state index < -0.39 is 27.9 Å². The molecule has 1 aliphatic heterocycles. The Balaban J connectivity index is 1.43. The number of anilines is 1. The molecule has 0 aliphatic carbocycles. The highest BCUT2D eigenvalue weighted by Gasteiger charge is 2.36. The number of hydrogen-bond donors (Lipinski definition) is 3. The average molecular weight is 604 g/mol. The number of halogens is 2. The molecule has 4 N–H and O–H groups in total. The van der Waals surface area contributed by atoms with Gasteiger partial charge < -0.3 is 11.1 Å². The molecule has 40 heavy (non-hydrogen) atoms. The molecule has 0 bridgehead atoms. The first-order chi connectivity index (χ1) is 18.9. The van der Waals surface area contributed by atoms with Crippen LogP contribution in [0.25, 0.3) is 0 Å². The Morgan fingerprint density at radius 1 is 0.975 bits per heavy atom. The quantitative estimate of drug-likeness (QED) is 0.292. The monoisotopic (exact) mass is 602 g/mol. The third-order valence-corrected chi connectivity index (χ3v) is 8.81. The molecule has 3 aromatic rings. The molecular formula is C29H32Cl2N4O4S. The van der Waals surface area contributed by atoms with Gasteiger partial charge in [-0.1, -0.05) is 54.4 Å². The van der Waals surface area contributed by atoms with Gasteiger partial charge in [0.1, 0.15) is 6.04 Å². The summed E-state index contributed by atoms with van der Waals surface area (Å²) >= 11 is 12.2. The molecule has 3 aromatic carbocycles. The van der Waals surface area contributed by atoms with E-state index in [1.54, 1.807) is 26.0 Å². The molecule has 0 radical (unpaired) electrons. The Morgan fingerprint density at radius 3 is 2.02 bits per heavy atom. The van der Waals surface area contributed by atoms with Crippen molar-refractivity contribution < 1.29 is 18.0 Å². The summed E-state index contributed by atoms with van der Waals surface area (Å²) in [5, 5.41) is 3.88. The predicted molar refractivity (Wildman–Crippen MR) is 159 cm³/mol. The number of sulfonamides is 1. The number of likely N-dealkylation sites (tertiary alicyclic amines) is 1. The van der Waals surface area contributed by atoms with E-state index in [1.807, 2.05) is 48.5 Å². The Hall–Kier alpha value is -3.11. The molecule has 1 saturated heterocycles. The zero-order valence-corrected chi connectivity index (χ0v) is 24.6. The van der Waals surface area contributed by atoms with E-state index in [2.05, 4.69) is 14.9 Å². The molecule has 212 valence electrons. The number of carbonyl (C=O) groups is 2. The van der Waals surface area contributed by atoms with Gasteiger partial charge in [0.25, 0.3) is 5.91 Å². The summed E-state index contributed by atoms with van der Waals surface area (Å²) in [5.74, 6) is -1.27. The number of rotatable bonds is 11. The van der Waals surface area contributed by atoms with Crippen molar-refractivity contribution in [2.45, 2.75) is 32.4 Å². The molecule has 11 heteroatoms. The first kappa shape index (κ1) is 29.9. The number of nitrogens with two attached hydrogens (primary N) is 1. The summed E-state index contributed by atoms with van der Waals surface area (Å²) in [6.07, 6.45) is 0.349. The summed E-state index contributed by atoms with van der Waals surface area (Å²) in [6.45, 7) is 4.67. The molecule has 1 aliphatic rings. The van der Waals surface area contributed by atoms with E-state index in [-0.39, 0.29) is 29.0 Å². The van der Waals surface area contributed by atoms with Gasteiger partial charge in [-0.3, -0.25) is 19.2 Å². The van der Waals surface area contributed by atoms with E-state index in [0.717, 1.165) is 11.1 Å². The fraction of sp³-hybridized carbons (Fsp3) is 0.310. The lowest BCUT2D eigenvalue weighted by Crippen LogP contribution is -2.51. The maximum absolute atomic E-state index is 13.1. The number of hydrogen-bond acceptors (Lipinski definition) is 5. The minimum atomic E-state index is -3.70. The number of primary amides is 1. The van der Waals surface area contributed by atoms with Crippen molar-refractivity contribution in [2.24, 2.45) is 11.7 Å². The minimum absolute atomic E-state index is 0.0630. The van der Waals surface area contributed by atoms with Gasteiger partial charge >= 0.3 is 0 Å². The van der Waals surface area contributed by atoms with Gasteiger partial charge in [-0.25, -0.2) is 8.42 Å². The first-order valence-electron chi connectivity index (χ1n) is 12.9. The lowest BCUT2D eigenvalue weighted by Gasteiger charge is -2.44. The SMILES string of the molecule is CC[C@H](NC(=O)c1cc(C)cc(NS(=O)(=O)CC2CN(C(c3ccc(Cl)cc3)c3ccc(Cl)cc3)C2)c1)C(N)=O. The fourth-order valence-electron chi connectivity index (χ4n) is 4.95. The van der Waals surface area contributed by atoms with Crippen LogP contribution in [0.1, 0.15) is 46.4 Å². The van der Waals surface area contributed by atoms with Gasteiger partial charge in [0.05, 0.1) is 11.8 Å². The third kappa shape index (κ3) is 7.54. The van der Waals surface area contributed by atoms with Crippen LogP contribution in [0.5, 0.6) is 0 Å². The van der Waals surface area contributed by atoms with Gasteiger partial charge in [0.2, 0.25) is 15.9 Å². The van der Waals surface area contributed by atoms with Crippen molar-refractivity contribution in [1.82, 2.24) is 10.2 Å². The van der Waals surface area contributed by atoms with Crippen LogP contribution in [0.4, 0.5) is 5.69 Å². The molecule has 0 saturated carbocycles. The van der Waals surface area contributed by atoms with Gasteiger partial charge in [-0.2, -0.15) is 0 Å². The Kier molecular flexibility index (Phi) is 9.41. The first-order valence-corrected chi connectivity index (χ1v) is 15.3. The van der Waals surface area contributed by atoms with Crippen molar-refractivity contribution in [3.63, 3.8) is 0 Å². The summed E-state index contributed by atoms with van der Waals surface area (Å²) in [6, 6.07) is 19.2. The van der Waals surface area contributed by atoms with Crippen LogP contribution in [0.3, 0.4) is 0 Å². The lowest BCUT2D eigenvalue weighted by atomic mass is 9.91. The number of nitrogens with one attached hydrogen (secondary N) is 2. The van der Waals surface area contributed by atoms with Crippen molar-refractivity contribution in [3.8, 4) is 0 Å². The highest BCUT2D eigenvalue weighted by atomic mass is 35.5. The summed E-state index contributed by atoms with van der Waals surface area (Å²) in [5.41, 5.74) is 8.65. The summed E-state index contributed by atoms with van der Waals surface area (Å²) in [7, 11) is -3.70. The molecule has 0 unspecified atom stereocenters. The predicted octanol–water partition coefficient (Wildman–Crippen LogP) is 4.76. The van der Waals surface area contributed by atoms with Crippen LogP contribution >= 0.6 is 23.2 Å². The highest BCUT2D eigenvalue weighted by molar-refractivity contribution is 7.92. The summed E-state index contributed by atoms with van der Waals surface area (Å²) < 4.78 is 28.8. The standard InChI is InChI=1S/C29H32Cl2N4O4S/c1-3-26(28(32)36)33-29(37)22-12-18(2)13-25(14-22)34-40(38,39)17-19-15-35(16-19)27(20-4-8-23(30)9-5-20)21-6-10-24(31)11-7-21/h4-14,19,26-27,34H,3,15-17H2,1-2H3,(H2,32,36)(H,33,37)/t26-/m0/s1. The van der Waals surface area contributed by atoms with Crippen LogP contribution in [-0.2, 0) is 14.8 Å². The van der Waals surface area contributed by atoms with Gasteiger partial charge in [-0.15, -0.1) is 0 Å². The Labute approximate surface area is 244 Å². The second kappa shape index (κ2) is 12.6. The van der Waals surface area contributed by atoms with E-state index in [1.165, 1.54) is 6.07 Å². The average Bonchev–Trinajstić information content (AvgIpc) is 2.86. The second-order valence-electron chi connectivity index (χ2n) is 10.1. The number of aryl methyl sites for hydroxylation is 1. The van der Waals surface area contributed by atoms with E-state index in [9.17, 15) is 18.0 Å². The molecule has 1 atom stereocenters. The van der Waals surface area contributed by atoms with Crippen molar-refractivity contribution in [2.75, 3.05) is 23.6 Å². The molecule has 1 fully saturated rings. The molecule has 4 rings (SSSR count). The number of carbonyl (C=O) groups excluding carboxylic acids is 2. The fourth-order valence-corrected chi connectivity index (χ4v) is 6.59. The molecule has 8 nitrogen and oxygen atoms in total. The number of nitrogens with zero attached hydrogens (tertiary/aromatic N) is 1. The van der Waals surface area contributed by atoms with Crippen LogP contribution < -0.4 is 15.8 Å².